The van der Waals surface area contributed by atoms with Crippen LogP contribution in [0.25, 0.3) is 0 Å². The number of rotatable bonds is 5. The summed E-state index contributed by atoms with van der Waals surface area (Å²) >= 11 is 0. The summed E-state index contributed by atoms with van der Waals surface area (Å²) in [4.78, 5) is 0. The van der Waals surface area contributed by atoms with Crippen molar-refractivity contribution < 1.29 is 13.2 Å². The molecule has 1 saturated carbocycles. The van der Waals surface area contributed by atoms with E-state index in [0.29, 0.717) is 12.3 Å². The second-order valence-corrected chi connectivity index (χ2v) is 3.83. The van der Waals surface area contributed by atoms with E-state index in [1.807, 2.05) is 0 Å². The van der Waals surface area contributed by atoms with Gasteiger partial charge in [-0.15, -0.1) is 0 Å². The van der Waals surface area contributed by atoms with Gasteiger partial charge in [-0.2, -0.15) is 13.2 Å². The summed E-state index contributed by atoms with van der Waals surface area (Å²) in [6, 6.07) is -0.388. The molecule has 1 nitrogen and oxygen atoms in total. The highest BCUT2D eigenvalue weighted by Crippen LogP contribution is 2.35. The van der Waals surface area contributed by atoms with Gasteiger partial charge >= 0.3 is 6.18 Å². The Morgan fingerprint density at radius 1 is 1.38 bits per heavy atom. The summed E-state index contributed by atoms with van der Waals surface area (Å²) < 4.78 is 36.0. The standard InChI is InChI=1S/C9H16F3N/c1-13-8(6-9(10,11)12)5-4-7-2-3-7/h7-8,13H,2-6H2,1H3. The van der Waals surface area contributed by atoms with E-state index >= 15 is 0 Å². The molecule has 1 atom stereocenters. The molecule has 0 aromatic rings. The quantitative estimate of drug-likeness (QED) is 0.711. The minimum atomic E-state index is -4.03. The van der Waals surface area contributed by atoms with Gasteiger partial charge in [0.05, 0.1) is 6.42 Å². The van der Waals surface area contributed by atoms with Gasteiger partial charge in [-0.25, -0.2) is 0 Å². The first-order valence-electron chi connectivity index (χ1n) is 4.75. The lowest BCUT2D eigenvalue weighted by atomic mass is 10.1. The van der Waals surface area contributed by atoms with Crippen molar-refractivity contribution in [2.75, 3.05) is 7.05 Å². The second-order valence-electron chi connectivity index (χ2n) is 3.83. The van der Waals surface area contributed by atoms with Crippen LogP contribution in [0.2, 0.25) is 0 Å². The summed E-state index contributed by atoms with van der Waals surface area (Å²) in [5.41, 5.74) is 0. The highest BCUT2D eigenvalue weighted by Gasteiger charge is 2.32. The molecular weight excluding hydrogens is 179 g/mol. The van der Waals surface area contributed by atoms with Gasteiger partial charge in [0.15, 0.2) is 0 Å². The summed E-state index contributed by atoms with van der Waals surface area (Å²) in [6.45, 7) is 0. The van der Waals surface area contributed by atoms with E-state index in [0.717, 1.165) is 6.42 Å². The van der Waals surface area contributed by atoms with Crippen molar-refractivity contribution in [2.24, 2.45) is 5.92 Å². The zero-order chi connectivity index (χ0) is 9.90. The third-order valence-electron chi connectivity index (χ3n) is 2.51. The molecule has 78 valence electrons. The van der Waals surface area contributed by atoms with E-state index in [2.05, 4.69) is 5.32 Å². The molecule has 1 rings (SSSR count). The van der Waals surface area contributed by atoms with Crippen molar-refractivity contribution in [1.29, 1.82) is 0 Å². The highest BCUT2D eigenvalue weighted by molar-refractivity contribution is 4.77. The van der Waals surface area contributed by atoms with Crippen LogP contribution in [-0.2, 0) is 0 Å². The van der Waals surface area contributed by atoms with Crippen LogP contribution in [0.3, 0.4) is 0 Å². The first-order valence-corrected chi connectivity index (χ1v) is 4.75. The molecule has 0 aromatic carbocycles. The maximum Gasteiger partial charge on any atom is 0.390 e. The van der Waals surface area contributed by atoms with Crippen molar-refractivity contribution in [3.63, 3.8) is 0 Å². The monoisotopic (exact) mass is 195 g/mol. The predicted octanol–water partition coefficient (Wildman–Crippen LogP) is 2.72. The summed E-state index contributed by atoms with van der Waals surface area (Å²) in [7, 11) is 1.60. The van der Waals surface area contributed by atoms with Crippen LogP contribution >= 0.6 is 0 Å². The number of hydrogen-bond donors (Lipinski definition) is 1. The Bertz CT molecular complexity index is 151. The molecule has 1 N–H and O–H groups in total. The van der Waals surface area contributed by atoms with E-state index in [-0.39, 0.29) is 6.04 Å². The zero-order valence-corrected chi connectivity index (χ0v) is 7.82. The third-order valence-corrected chi connectivity index (χ3v) is 2.51. The fraction of sp³-hybridized carbons (Fsp3) is 1.00. The van der Waals surface area contributed by atoms with Crippen molar-refractivity contribution in [3.05, 3.63) is 0 Å². The normalized spacial score (nSPS) is 20.3. The van der Waals surface area contributed by atoms with Crippen LogP contribution in [0.4, 0.5) is 13.2 Å². The van der Waals surface area contributed by atoms with Gasteiger partial charge in [0.25, 0.3) is 0 Å². The first-order chi connectivity index (χ1) is 6.01. The Morgan fingerprint density at radius 2 is 2.00 bits per heavy atom. The van der Waals surface area contributed by atoms with Gasteiger partial charge in [-0.05, 0) is 25.8 Å². The molecule has 13 heavy (non-hydrogen) atoms. The topological polar surface area (TPSA) is 12.0 Å². The third kappa shape index (κ3) is 5.13. The lowest BCUT2D eigenvalue weighted by molar-refractivity contribution is -0.140. The van der Waals surface area contributed by atoms with Crippen LogP contribution in [-0.4, -0.2) is 19.3 Å². The number of nitrogens with one attached hydrogen (secondary N) is 1. The lowest BCUT2D eigenvalue weighted by Crippen LogP contribution is -2.31. The largest absolute Gasteiger partial charge is 0.390 e. The molecule has 0 spiro atoms. The molecular formula is C9H16F3N. The number of halogens is 3. The Kier molecular flexibility index (Phi) is 3.59. The predicted molar refractivity (Wildman–Crippen MR) is 45.5 cm³/mol. The van der Waals surface area contributed by atoms with Crippen LogP contribution in [0.1, 0.15) is 32.1 Å². The molecule has 0 saturated heterocycles. The van der Waals surface area contributed by atoms with Crippen LogP contribution in [0.15, 0.2) is 0 Å². The van der Waals surface area contributed by atoms with Crippen LogP contribution < -0.4 is 5.32 Å². The van der Waals surface area contributed by atoms with E-state index in [9.17, 15) is 13.2 Å². The van der Waals surface area contributed by atoms with Gasteiger partial charge in [-0.1, -0.05) is 12.8 Å². The Hall–Kier alpha value is -0.250. The van der Waals surface area contributed by atoms with Gasteiger partial charge in [-0.3, -0.25) is 0 Å². The van der Waals surface area contributed by atoms with Crippen molar-refractivity contribution in [3.8, 4) is 0 Å². The maximum atomic E-state index is 12.0. The average molecular weight is 195 g/mol. The molecule has 1 unspecified atom stereocenters. The van der Waals surface area contributed by atoms with Gasteiger partial charge < -0.3 is 5.32 Å². The molecule has 1 fully saturated rings. The Labute approximate surface area is 76.7 Å². The summed E-state index contributed by atoms with van der Waals surface area (Å²) in [5.74, 6) is 0.712. The molecule has 0 heterocycles. The SMILES string of the molecule is CNC(CCC1CC1)CC(F)(F)F. The minimum Gasteiger partial charge on any atom is -0.317 e. The average Bonchev–Trinajstić information content (AvgIpc) is 2.78. The molecule has 0 radical (unpaired) electrons. The highest BCUT2D eigenvalue weighted by atomic mass is 19.4. The van der Waals surface area contributed by atoms with Crippen molar-refractivity contribution in [1.82, 2.24) is 5.32 Å². The van der Waals surface area contributed by atoms with Crippen molar-refractivity contribution >= 4 is 0 Å². The van der Waals surface area contributed by atoms with Crippen LogP contribution in [0, 0.1) is 5.92 Å². The second kappa shape index (κ2) is 4.31. The fourth-order valence-corrected chi connectivity index (χ4v) is 1.47. The van der Waals surface area contributed by atoms with Gasteiger partial charge in [0.2, 0.25) is 0 Å². The van der Waals surface area contributed by atoms with E-state index in [4.69, 9.17) is 0 Å². The number of alkyl halides is 3. The Balaban J connectivity index is 2.16. The smallest absolute Gasteiger partial charge is 0.317 e. The van der Waals surface area contributed by atoms with Crippen LogP contribution in [0.5, 0.6) is 0 Å². The summed E-state index contributed by atoms with van der Waals surface area (Å²) in [6.07, 6.45) is -0.708. The van der Waals surface area contributed by atoms with Gasteiger partial charge in [0.1, 0.15) is 0 Å². The van der Waals surface area contributed by atoms with E-state index in [1.54, 1.807) is 7.05 Å². The fourth-order valence-electron chi connectivity index (χ4n) is 1.47. The van der Waals surface area contributed by atoms with Crippen molar-refractivity contribution in [2.45, 2.75) is 44.3 Å². The van der Waals surface area contributed by atoms with E-state index < -0.39 is 12.6 Å². The minimum absolute atomic E-state index is 0.388. The zero-order valence-electron chi connectivity index (χ0n) is 7.82. The molecule has 0 bridgehead atoms. The Morgan fingerprint density at radius 3 is 2.38 bits per heavy atom. The molecule has 0 aliphatic heterocycles. The maximum absolute atomic E-state index is 12.0. The molecule has 4 heteroatoms. The molecule has 1 aliphatic carbocycles. The lowest BCUT2D eigenvalue weighted by Gasteiger charge is -2.17. The number of hydrogen-bond acceptors (Lipinski definition) is 1. The molecule has 0 amide bonds. The summed E-state index contributed by atoms with van der Waals surface area (Å²) in [5, 5.41) is 2.72. The first kappa shape index (κ1) is 10.8. The molecule has 0 aromatic heterocycles. The van der Waals surface area contributed by atoms with Gasteiger partial charge in [0, 0.05) is 6.04 Å². The molecule has 1 aliphatic rings. The van der Waals surface area contributed by atoms with E-state index in [1.165, 1.54) is 12.8 Å².